The van der Waals surface area contributed by atoms with Crippen LogP contribution in [0.1, 0.15) is 51.4 Å². The second kappa shape index (κ2) is 10.4. The van der Waals surface area contributed by atoms with Crippen LogP contribution in [0.2, 0.25) is 0 Å². The average molecular weight is 389 g/mol. The highest BCUT2D eigenvalue weighted by Crippen LogP contribution is 2.26. The lowest BCUT2D eigenvalue weighted by Gasteiger charge is -2.33. The van der Waals surface area contributed by atoms with Gasteiger partial charge in [-0.05, 0) is 50.2 Å². The molecule has 0 radical (unpaired) electrons. The molecule has 3 rings (SSSR count). The van der Waals surface area contributed by atoms with Gasteiger partial charge in [0, 0.05) is 56.5 Å². The molecule has 1 amide bonds. The zero-order valence-electron chi connectivity index (χ0n) is 16.6. The fourth-order valence-electron chi connectivity index (χ4n) is 4.30. The molecule has 1 aliphatic heterocycles. The summed E-state index contributed by atoms with van der Waals surface area (Å²) in [5.41, 5.74) is 0.917. The van der Waals surface area contributed by atoms with Gasteiger partial charge in [0.1, 0.15) is 0 Å². The van der Waals surface area contributed by atoms with Gasteiger partial charge >= 0.3 is 0 Å². The quantitative estimate of drug-likeness (QED) is 0.384. The number of hydrogen-bond donors (Lipinski definition) is 2. The summed E-state index contributed by atoms with van der Waals surface area (Å²) in [6, 6.07) is 6.66. The van der Waals surface area contributed by atoms with Crippen LogP contribution < -0.4 is 10.6 Å². The van der Waals surface area contributed by atoms with Crippen LogP contribution in [-0.4, -0.2) is 48.0 Å². The molecule has 1 aliphatic carbocycles. The van der Waals surface area contributed by atoms with E-state index in [9.17, 15) is 14.9 Å². The number of anilines is 1. The number of non-ortho nitro benzene ring substituents is 1. The van der Waals surface area contributed by atoms with Crippen LogP contribution in [0.3, 0.4) is 0 Å². The number of likely N-dealkylation sites (tertiary alicyclic amines) is 1. The summed E-state index contributed by atoms with van der Waals surface area (Å²) in [4.78, 5) is 25.0. The van der Waals surface area contributed by atoms with Crippen molar-refractivity contribution in [1.29, 1.82) is 0 Å². The number of nitro benzene ring substituents is 1. The number of piperidine rings is 1. The summed E-state index contributed by atoms with van der Waals surface area (Å²) >= 11 is 0. The first-order valence-corrected chi connectivity index (χ1v) is 10.6. The standard InChI is InChI=1S/C21H32N4O3/c26-21(6-3-13-22-18-7-9-20(10-8-18)25(27)28)23-19-11-14-24(15-12-19)16-17-4-1-2-5-17/h7-10,17,19,22H,1-6,11-16H2,(H,23,26). The number of rotatable bonds is 9. The van der Waals surface area contributed by atoms with Gasteiger partial charge in [-0.2, -0.15) is 0 Å². The smallest absolute Gasteiger partial charge is 0.269 e. The molecule has 0 spiro atoms. The lowest BCUT2D eigenvalue weighted by Crippen LogP contribution is -2.45. The number of nitro groups is 1. The number of hydrogen-bond acceptors (Lipinski definition) is 5. The van der Waals surface area contributed by atoms with Crippen molar-refractivity contribution in [3.8, 4) is 0 Å². The second-order valence-electron chi connectivity index (χ2n) is 8.13. The fraction of sp³-hybridized carbons (Fsp3) is 0.667. The van der Waals surface area contributed by atoms with E-state index in [1.54, 1.807) is 12.1 Å². The van der Waals surface area contributed by atoms with Crippen molar-refractivity contribution in [3.63, 3.8) is 0 Å². The third kappa shape index (κ3) is 6.48. The Kier molecular flexibility index (Phi) is 7.65. The molecule has 1 saturated carbocycles. The highest BCUT2D eigenvalue weighted by Gasteiger charge is 2.24. The second-order valence-corrected chi connectivity index (χ2v) is 8.13. The summed E-state index contributed by atoms with van der Waals surface area (Å²) in [6.45, 7) is 4.12. The molecule has 1 aromatic carbocycles. The lowest BCUT2D eigenvalue weighted by atomic mass is 10.0. The molecule has 1 heterocycles. The molecule has 0 atom stereocenters. The third-order valence-electron chi connectivity index (χ3n) is 5.93. The third-order valence-corrected chi connectivity index (χ3v) is 5.93. The van der Waals surface area contributed by atoms with Crippen molar-refractivity contribution >= 4 is 17.3 Å². The normalized spacial score (nSPS) is 18.9. The predicted octanol–water partition coefficient (Wildman–Crippen LogP) is 3.56. The van der Waals surface area contributed by atoms with Gasteiger partial charge < -0.3 is 15.5 Å². The Hall–Kier alpha value is -2.15. The number of amides is 1. The Morgan fingerprint density at radius 2 is 1.79 bits per heavy atom. The van der Waals surface area contributed by atoms with E-state index in [4.69, 9.17) is 0 Å². The number of carbonyl (C=O) groups is 1. The Bertz CT molecular complexity index is 636. The molecule has 154 valence electrons. The van der Waals surface area contributed by atoms with Crippen LogP contribution in [0.15, 0.2) is 24.3 Å². The van der Waals surface area contributed by atoms with E-state index in [0.717, 1.165) is 44.0 Å². The van der Waals surface area contributed by atoms with Crippen molar-refractivity contribution in [3.05, 3.63) is 34.4 Å². The van der Waals surface area contributed by atoms with Crippen molar-refractivity contribution < 1.29 is 9.72 Å². The van der Waals surface area contributed by atoms with Gasteiger partial charge in [0.2, 0.25) is 5.91 Å². The van der Waals surface area contributed by atoms with Crippen molar-refractivity contribution in [2.75, 3.05) is 31.5 Å². The average Bonchev–Trinajstić information content (AvgIpc) is 3.20. The molecule has 2 N–H and O–H groups in total. The minimum Gasteiger partial charge on any atom is -0.385 e. The van der Waals surface area contributed by atoms with Gasteiger partial charge in [-0.3, -0.25) is 14.9 Å². The van der Waals surface area contributed by atoms with Crippen LogP contribution >= 0.6 is 0 Å². The van der Waals surface area contributed by atoms with Gasteiger partial charge in [0.25, 0.3) is 5.69 Å². The highest BCUT2D eigenvalue weighted by atomic mass is 16.6. The van der Waals surface area contributed by atoms with Crippen LogP contribution in [0, 0.1) is 16.0 Å². The van der Waals surface area contributed by atoms with Crippen LogP contribution in [0.5, 0.6) is 0 Å². The summed E-state index contributed by atoms with van der Waals surface area (Å²) in [7, 11) is 0. The first kappa shape index (κ1) is 20.6. The molecule has 7 nitrogen and oxygen atoms in total. The Labute approximate surface area is 167 Å². The van der Waals surface area contributed by atoms with E-state index in [1.807, 2.05) is 0 Å². The monoisotopic (exact) mass is 388 g/mol. The molecule has 7 heteroatoms. The molecule has 0 unspecified atom stereocenters. The van der Waals surface area contributed by atoms with E-state index < -0.39 is 4.92 Å². The summed E-state index contributed by atoms with van der Waals surface area (Å²) in [5.74, 6) is 1.02. The van der Waals surface area contributed by atoms with Crippen LogP contribution in [0.25, 0.3) is 0 Å². The minimum atomic E-state index is -0.409. The lowest BCUT2D eigenvalue weighted by molar-refractivity contribution is -0.384. The van der Waals surface area contributed by atoms with Gasteiger partial charge in [-0.1, -0.05) is 12.8 Å². The number of benzene rings is 1. The van der Waals surface area contributed by atoms with Gasteiger partial charge in [0.15, 0.2) is 0 Å². The summed E-state index contributed by atoms with van der Waals surface area (Å²) in [6.07, 6.45) is 8.94. The zero-order valence-corrected chi connectivity index (χ0v) is 16.6. The molecule has 28 heavy (non-hydrogen) atoms. The van der Waals surface area contributed by atoms with E-state index in [1.165, 1.54) is 44.4 Å². The predicted molar refractivity (Wildman–Crippen MR) is 110 cm³/mol. The van der Waals surface area contributed by atoms with Crippen LogP contribution in [0.4, 0.5) is 11.4 Å². The molecule has 0 bridgehead atoms. The van der Waals surface area contributed by atoms with Crippen LogP contribution in [-0.2, 0) is 4.79 Å². The Morgan fingerprint density at radius 3 is 2.43 bits per heavy atom. The molecular weight excluding hydrogens is 356 g/mol. The first-order valence-electron chi connectivity index (χ1n) is 10.6. The van der Waals surface area contributed by atoms with Gasteiger partial charge in [0.05, 0.1) is 4.92 Å². The van der Waals surface area contributed by atoms with E-state index in [0.29, 0.717) is 19.0 Å². The summed E-state index contributed by atoms with van der Waals surface area (Å²) < 4.78 is 0. The molecule has 0 aromatic heterocycles. The molecule has 1 saturated heterocycles. The molecule has 2 fully saturated rings. The van der Waals surface area contributed by atoms with E-state index >= 15 is 0 Å². The van der Waals surface area contributed by atoms with E-state index in [2.05, 4.69) is 15.5 Å². The Morgan fingerprint density at radius 1 is 1.11 bits per heavy atom. The van der Waals surface area contributed by atoms with Gasteiger partial charge in [-0.25, -0.2) is 0 Å². The van der Waals surface area contributed by atoms with E-state index in [-0.39, 0.29) is 11.6 Å². The number of nitrogens with zero attached hydrogens (tertiary/aromatic N) is 2. The molecule has 2 aliphatic rings. The maximum atomic E-state index is 12.2. The largest absolute Gasteiger partial charge is 0.385 e. The van der Waals surface area contributed by atoms with Crippen molar-refractivity contribution in [1.82, 2.24) is 10.2 Å². The molecule has 1 aromatic rings. The van der Waals surface area contributed by atoms with Crippen molar-refractivity contribution in [2.24, 2.45) is 5.92 Å². The number of carbonyl (C=O) groups excluding carboxylic acids is 1. The fourth-order valence-corrected chi connectivity index (χ4v) is 4.30. The number of nitrogens with one attached hydrogen (secondary N) is 2. The first-order chi connectivity index (χ1) is 13.6. The maximum Gasteiger partial charge on any atom is 0.269 e. The zero-order chi connectivity index (χ0) is 19.8. The van der Waals surface area contributed by atoms with Gasteiger partial charge in [-0.15, -0.1) is 0 Å². The SMILES string of the molecule is O=C(CCCNc1ccc([N+](=O)[O-])cc1)NC1CCN(CC2CCCC2)CC1. The Balaban J connectivity index is 1.26. The topological polar surface area (TPSA) is 87.5 Å². The van der Waals surface area contributed by atoms with Crippen molar-refractivity contribution in [2.45, 2.75) is 57.4 Å². The molecular formula is C21H32N4O3. The summed E-state index contributed by atoms with van der Waals surface area (Å²) in [5, 5.41) is 17.0. The minimum absolute atomic E-state index is 0.0826. The highest BCUT2D eigenvalue weighted by molar-refractivity contribution is 5.76. The maximum absolute atomic E-state index is 12.2.